The van der Waals surface area contributed by atoms with Gasteiger partial charge in [0.2, 0.25) is 0 Å². The molecule has 1 amide bonds. The van der Waals surface area contributed by atoms with Gasteiger partial charge in [-0.2, -0.15) is 0 Å². The molecule has 0 saturated heterocycles. The number of methoxy groups -OCH3 is 1. The highest BCUT2D eigenvalue weighted by Crippen LogP contribution is 2.08. The molecule has 1 heterocycles. The van der Waals surface area contributed by atoms with E-state index in [1.807, 2.05) is 0 Å². The van der Waals surface area contributed by atoms with Gasteiger partial charge in [-0.15, -0.1) is 5.10 Å². The van der Waals surface area contributed by atoms with Crippen LogP contribution in [0.5, 0.6) is 0 Å². The van der Waals surface area contributed by atoms with E-state index < -0.39 is 17.9 Å². The van der Waals surface area contributed by atoms with E-state index in [4.69, 9.17) is 9.84 Å². The molecule has 2 N–H and O–H groups in total. The zero-order valence-corrected chi connectivity index (χ0v) is 9.58. The molecule has 1 atom stereocenters. The van der Waals surface area contributed by atoms with Crippen molar-refractivity contribution in [2.45, 2.75) is 13.0 Å². The fourth-order valence-corrected chi connectivity index (χ4v) is 1.56. The van der Waals surface area contributed by atoms with Crippen LogP contribution in [0.2, 0.25) is 0 Å². The minimum atomic E-state index is -1.15. The molecule has 0 aliphatic heterocycles. The van der Waals surface area contributed by atoms with Crippen molar-refractivity contribution < 1.29 is 19.4 Å². The highest BCUT2D eigenvalue weighted by Gasteiger charge is 2.22. The Morgan fingerprint density at radius 1 is 1.62 bits per heavy atom. The number of amides is 1. The lowest BCUT2D eigenvalue weighted by molar-refractivity contribution is -0.140. The van der Waals surface area contributed by atoms with Gasteiger partial charge in [0.25, 0.3) is 5.91 Å². The Morgan fingerprint density at radius 3 is 2.75 bits per heavy atom. The van der Waals surface area contributed by atoms with Crippen molar-refractivity contribution in [1.29, 1.82) is 0 Å². The van der Waals surface area contributed by atoms with Crippen molar-refractivity contribution in [3.63, 3.8) is 0 Å². The third-order valence-electron chi connectivity index (χ3n) is 1.79. The van der Waals surface area contributed by atoms with Gasteiger partial charge in [-0.25, -0.2) is 4.79 Å². The average Bonchev–Trinajstić information content (AvgIpc) is 2.63. The molecule has 1 aromatic heterocycles. The number of hydrogen-bond donors (Lipinski definition) is 2. The van der Waals surface area contributed by atoms with Crippen LogP contribution < -0.4 is 5.32 Å². The molecular weight excluding hydrogens is 234 g/mol. The number of rotatable bonds is 5. The number of carbonyl (C=O) groups is 2. The summed E-state index contributed by atoms with van der Waals surface area (Å²) in [7, 11) is 1.36. The molecular formula is C8H11N3O4S. The van der Waals surface area contributed by atoms with E-state index in [0.29, 0.717) is 10.6 Å². The molecule has 0 aliphatic rings. The first-order valence-electron chi connectivity index (χ1n) is 4.37. The van der Waals surface area contributed by atoms with Crippen LogP contribution in [0.4, 0.5) is 0 Å². The fraction of sp³-hybridized carbons (Fsp3) is 0.500. The molecule has 0 bridgehead atoms. The number of ether oxygens (including phenoxy) is 1. The monoisotopic (exact) mass is 245 g/mol. The van der Waals surface area contributed by atoms with E-state index in [0.717, 1.165) is 11.5 Å². The Hall–Kier alpha value is -1.54. The second-order valence-corrected chi connectivity index (χ2v) is 3.76. The fourth-order valence-electron chi connectivity index (χ4n) is 1.00. The first kappa shape index (κ1) is 12.5. The minimum Gasteiger partial charge on any atom is -0.480 e. The lowest BCUT2D eigenvalue weighted by atomic mass is 10.3. The minimum absolute atomic E-state index is 0.0909. The number of aliphatic carboxylic acids is 1. The molecule has 88 valence electrons. The molecule has 7 nitrogen and oxygen atoms in total. The Labute approximate surface area is 95.6 Å². The van der Waals surface area contributed by atoms with E-state index in [2.05, 4.69) is 14.9 Å². The third-order valence-corrected chi connectivity index (χ3v) is 2.62. The maximum Gasteiger partial charge on any atom is 0.328 e. The Kier molecular flexibility index (Phi) is 4.32. The lowest BCUT2D eigenvalue weighted by Gasteiger charge is -2.12. The standard InChI is InChI=1S/C8H11N3O4S/c1-4-6(16-11-10-4)7(12)9-5(3-15-2)8(13)14/h5H,3H2,1-2H3,(H,9,12)(H,13,14). The van der Waals surface area contributed by atoms with Crippen molar-refractivity contribution >= 4 is 23.4 Å². The average molecular weight is 245 g/mol. The largest absolute Gasteiger partial charge is 0.480 e. The van der Waals surface area contributed by atoms with Crippen LogP contribution >= 0.6 is 11.5 Å². The zero-order chi connectivity index (χ0) is 12.1. The molecule has 1 unspecified atom stereocenters. The number of carbonyl (C=O) groups excluding carboxylic acids is 1. The van der Waals surface area contributed by atoms with E-state index >= 15 is 0 Å². The van der Waals surface area contributed by atoms with Gasteiger partial charge in [0.1, 0.15) is 4.88 Å². The second kappa shape index (κ2) is 5.52. The topological polar surface area (TPSA) is 101 Å². The smallest absolute Gasteiger partial charge is 0.328 e. The summed E-state index contributed by atoms with van der Waals surface area (Å²) in [5.41, 5.74) is 0.476. The Bertz CT molecular complexity index is 392. The molecule has 0 aromatic carbocycles. The number of hydrogen-bond acceptors (Lipinski definition) is 6. The summed E-state index contributed by atoms with van der Waals surface area (Å²) in [6.07, 6.45) is 0. The molecule has 0 spiro atoms. The van der Waals surface area contributed by atoms with Crippen LogP contribution in [-0.4, -0.2) is 46.3 Å². The zero-order valence-electron chi connectivity index (χ0n) is 8.76. The lowest BCUT2D eigenvalue weighted by Crippen LogP contribution is -2.43. The molecule has 1 rings (SSSR count). The maximum absolute atomic E-state index is 11.6. The summed E-state index contributed by atoms with van der Waals surface area (Å²) in [6, 6.07) is -1.07. The molecule has 0 aliphatic carbocycles. The number of aromatic nitrogens is 2. The number of nitrogens with zero attached hydrogens (tertiary/aromatic N) is 2. The maximum atomic E-state index is 11.6. The number of nitrogens with one attached hydrogen (secondary N) is 1. The predicted octanol–water partition coefficient (Wildman–Crippen LogP) is -0.324. The summed E-state index contributed by atoms with van der Waals surface area (Å²) in [6.45, 7) is 1.54. The molecule has 0 radical (unpaired) electrons. The van der Waals surface area contributed by atoms with Gasteiger partial charge < -0.3 is 15.2 Å². The van der Waals surface area contributed by atoms with Crippen molar-refractivity contribution in [1.82, 2.24) is 14.9 Å². The van der Waals surface area contributed by atoms with E-state index in [9.17, 15) is 9.59 Å². The van der Waals surface area contributed by atoms with Gasteiger partial charge >= 0.3 is 5.97 Å². The normalized spacial score (nSPS) is 12.1. The second-order valence-electron chi connectivity index (χ2n) is 3.01. The number of carboxylic acid groups (broad SMARTS) is 1. The first-order valence-corrected chi connectivity index (χ1v) is 5.15. The van der Waals surface area contributed by atoms with E-state index in [-0.39, 0.29) is 6.61 Å². The van der Waals surface area contributed by atoms with Crippen LogP contribution in [-0.2, 0) is 9.53 Å². The van der Waals surface area contributed by atoms with Gasteiger partial charge in [0, 0.05) is 7.11 Å². The first-order chi connectivity index (χ1) is 7.56. The summed E-state index contributed by atoms with van der Waals surface area (Å²) in [5, 5.41) is 14.8. The molecule has 16 heavy (non-hydrogen) atoms. The highest BCUT2D eigenvalue weighted by molar-refractivity contribution is 7.08. The van der Waals surface area contributed by atoms with Crippen LogP contribution in [0.15, 0.2) is 0 Å². The quantitative estimate of drug-likeness (QED) is 0.737. The van der Waals surface area contributed by atoms with Gasteiger partial charge in [-0.05, 0) is 18.5 Å². The number of aryl methyl sites for hydroxylation is 1. The van der Waals surface area contributed by atoms with Crippen molar-refractivity contribution in [2.75, 3.05) is 13.7 Å². The summed E-state index contributed by atoms with van der Waals surface area (Å²) in [5.74, 6) is -1.65. The van der Waals surface area contributed by atoms with Gasteiger partial charge in [0.05, 0.1) is 12.3 Å². The Balaban J connectivity index is 2.69. The third kappa shape index (κ3) is 2.97. The van der Waals surface area contributed by atoms with Crippen LogP contribution in [0.1, 0.15) is 15.4 Å². The predicted molar refractivity (Wildman–Crippen MR) is 55.4 cm³/mol. The highest BCUT2D eigenvalue weighted by atomic mass is 32.1. The summed E-state index contributed by atoms with van der Waals surface area (Å²) < 4.78 is 8.28. The van der Waals surface area contributed by atoms with Crippen LogP contribution in [0.25, 0.3) is 0 Å². The molecule has 0 fully saturated rings. The van der Waals surface area contributed by atoms with Crippen LogP contribution in [0.3, 0.4) is 0 Å². The van der Waals surface area contributed by atoms with E-state index in [1.165, 1.54) is 7.11 Å². The molecule has 0 saturated carbocycles. The summed E-state index contributed by atoms with van der Waals surface area (Å²) in [4.78, 5) is 22.7. The van der Waals surface area contributed by atoms with Crippen molar-refractivity contribution in [3.05, 3.63) is 10.6 Å². The molecule has 1 aromatic rings. The van der Waals surface area contributed by atoms with Gasteiger partial charge in [0.15, 0.2) is 6.04 Å². The van der Waals surface area contributed by atoms with Gasteiger partial charge in [-0.3, -0.25) is 4.79 Å². The Morgan fingerprint density at radius 2 is 2.31 bits per heavy atom. The van der Waals surface area contributed by atoms with Crippen LogP contribution in [0, 0.1) is 6.92 Å². The number of carboxylic acids is 1. The van der Waals surface area contributed by atoms with Crippen molar-refractivity contribution in [2.24, 2.45) is 0 Å². The van der Waals surface area contributed by atoms with E-state index in [1.54, 1.807) is 6.92 Å². The van der Waals surface area contributed by atoms with Gasteiger partial charge in [-0.1, -0.05) is 4.49 Å². The SMILES string of the molecule is COCC(NC(=O)c1snnc1C)C(=O)O. The summed E-state index contributed by atoms with van der Waals surface area (Å²) >= 11 is 0.923. The van der Waals surface area contributed by atoms with Crippen molar-refractivity contribution in [3.8, 4) is 0 Å². The molecule has 8 heteroatoms.